The zero-order valence-electron chi connectivity index (χ0n) is 12.0. The number of alkyl halides is 1. The summed E-state index contributed by atoms with van der Waals surface area (Å²) < 4.78 is 27.1. The number of nitrogens with zero attached hydrogens (tertiary/aromatic N) is 1. The Labute approximate surface area is 127 Å². The Hall–Kier alpha value is -0.580. The SMILES string of the molecule is CC1CCCN(S(=O)(=O)c2ccc(CCCl)cc2)C1C. The molecule has 1 fully saturated rings. The third-order valence-corrected chi connectivity index (χ3v) is 6.42. The molecule has 112 valence electrons. The maximum atomic E-state index is 12.7. The molecule has 0 amide bonds. The van der Waals surface area contributed by atoms with E-state index in [1.807, 2.05) is 19.1 Å². The highest BCUT2D eigenvalue weighted by atomic mass is 35.5. The number of benzene rings is 1. The molecular formula is C15H22ClNO2S. The van der Waals surface area contributed by atoms with Crippen LogP contribution in [0, 0.1) is 5.92 Å². The Morgan fingerprint density at radius 2 is 1.90 bits per heavy atom. The monoisotopic (exact) mass is 315 g/mol. The molecule has 2 unspecified atom stereocenters. The maximum absolute atomic E-state index is 12.7. The molecule has 1 saturated heterocycles. The summed E-state index contributed by atoms with van der Waals surface area (Å²) >= 11 is 5.70. The van der Waals surface area contributed by atoms with Gasteiger partial charge in [-0.25, -0.2) is 8.42 Å². The minimum atomic E-state index is -3.38. The van der Waals surface area contributed by atoms with Crippen molar-refractivity contribution in [3.63, 3.8) is 0 Å². The van der Waals surface area contributed by atoms with Crippen molar-refractivity contribution >= 4 is 21.6 Å². The second kappa shape index (κ2) is 6.46. The Bertz CT molecular complexity index is 541. The molecule has 5 heteroatoms. The van der Waals surface area contributed by atoms with Gasteiger partial charge in [0, 0.05) is 18.5 Å². The second-order valence-electron chi connectivity index (χ2n) is 5.56. The van der Waals surface area contributed by atoms with Crippen LogP contribution < -0.4 is 0 Å². The number of sulfonamides is 1. The van der Waals surface area contributed by atoms with Crippen LogP contribution in [0.1, 0.15) is 32.3 Å². The van der Waals surface area contributed by atoms with E-state index in [1.54, 1.807) is 16.4 Å². The lowest BCUT2D eigenvalue weighted by Crippen LogP contribution is -2.45. The van der Waals surface area contributed by atoms with E-state index < -0.39 is 10.0 Å². The Morgan fingerprint density at radius 3 is 2.50 bits per heavy atom. The first-order valence-corrected chi connectivity index (χ1v) is 9.11. The van der Waals surface area contributed by atoms with Crippen molar-refractivity contribution in [2.75, 3.05) is 12.4 Å². The van der Waals surface area contributed by atoms with Crippen LogP contribution in [0.4, 0.5) is 0 Å². The summed E-state index contributed by atoms with van der Waals surface area (Å²) in [5.74, 6) is 0.960. The van der Waals surface area contributed by atoms with Gasteiger partial charge in [-0.2, -0.15) is 4.31 Å². The van der Waals surface area contributed by atoms with Gasteiger partial charge < -0.3 is 0 Å². The first-order valence-electron chi connectivity index (χ1n) is 7.13. The van der Waals surface area contributed by atoms with Crippen molar-refractivity contribution in [2.24, 2.45) is 5.92 Å². The summed E-state index contributed by atoms with van der Waals surface area (Å²) in [5.41, 5.74) is 1.07. The Balaban J connectivity index is 2.25. The number of hydrogen-bond donors (Lipinski definition) is 0. The van der Waals surface area contributed by atoms with Gasteiger partial charge in [0.25, 0.3) is 0 Å². The highest BCUT2D eigenvalue weighted by Crippen LogP contribution is 2.28. The van der Waals surface area contributed by atoms with Crippen molar-refractivity contribution in [1.82, 2.24) is 4.31 Å². The predicted octanol–water partition coefficient (Wildman–Crippen LogP) is 3.28. The lowest BCUT2D eigenvalue weighted by Gasteiger charge is -2.36. The first kappa shape index (κ1) is 15.8. The summed E-state index contributed by atoms with van der Waals surface area (Å²) in [7, 11) is -3.38. The highest BCUT2D eigenvalue weighted by Gasteiger charge is 2.34. The van der Waals surface area contributed by atoms with Crippen LogP contribution >= 0.6 is 11.6 Å². The van der Waals surface area contributed by atoms with Crippen LogP contribution in [0.3, 0.4) is 0 Å². The van der Waals surface area contributed by atoms with Crippen molar-refractivity contribution in [1.29, 1.82) is 0 Å². The molecule has 0 N–H and O–H groups in total. The molecule has 20 heavy (non-hydrogen) atoms. The molecule has 0 aromatic heterocycles. The molecule has 1 heterocycles. The molecular weight excluding hydrogens is 294 g/mol. The zero-order valence-corrected chi connectivity index (χ0v) is 13.6. The van der Waals surface area contributed by atoms with Gasteiger partial charge in [-0.1, -0.05) is 19.1 Å². The Kier molecular flexibility index (Phi) is 5.10. The fourth-order valence-electron chi connectivity index (χ4n) is 2.71. The van der Waals surface area contributed by atoms with E-state index in [0.717, 1.165) is 24.8 Å². The van der Waals surface area contributed by atoms with E-state index in [4.69, 9.17) is 11.6 Å². The quantitative estimate of drug-likeness (QED) is 0.800. The van der Waals surface area contributed by atoms with Gasteiger partial charge in [-0.05, 0) is 49.8 Å². The van der Waals surface area contributed by atoms with Crippen LogP contribution in [0.15, 0.2) is 29.2 Å². The molecule has 0 aliphatic carbocycles. The molecule has 1 aromatic carbocycles. The van der Waals surface area contributed by atoms with Crippen molar-refractivity contribution in [3.05, 3.63) is 29.8 Å². The topological polar surface area (TPSA) is 37.4 Å². The van der Waals surface area contributed by atoms with E-state index in [0.29, 0.717) is 23.2 Å². The van der Waals surface area contributed by atoms with Gasteiger partial charge in [0.2, 0.25) is 10.0 Å². The van der Waals surface area contributed by atoms with E-state index in [9.17, 15) is 8.42 Å². The number of halogens is 1. The van der Waals surface area contributed by atoms with Crippen molar-refractivity contribution in [3.8, 4) is 0 Å². The summed E-state index contributed by atoms with van der Waals surface area (Å²) in [6.07, 6.45) is 2.80. The standard InChI is InChI=1S/C15H22ClNO2S/c1-12-4-3-11-17(13(12)2)20(18,19)15-7-5-14(6-8-15)9-10-16/h5-8,12-13H,3-4,9-11H2,1-2H3. The minimum Gasteiger partial charge on any atom is -0.207 e. The maximum Gasteiger partial charge on any atom is 0.243 e. The van der Waals surface area contributed by atoms with Gasteiger partial charge in [0.05, 0.1) is 4.90 Å². The van der Waals surface area contributed by atoms with Crippen LogP contribution in [0.2, 0.25) is 0 Å². The average molecular weight is 316 g/mol. The first-order chi connectivity index (χ1) is 9.46. The van der Waals surface area contributed by atoms with E-state index in [2.05, 4.69) is 6.92 Å². The zero-order chi connectivity index (χ0) is 14.8. The van der Waals surface area contributed by atoms with Crippen LogP contribution in [-0.2, 0) is 16.4 Å². The van der Waals surface area contributed by atoms with Crippen LogP contribution in [0.25, 0.3) is 0 Å². The summed E-state index contributed by atoms with van der Waals surface area (Å²) in [6.45, 7) is 4.75. The van der Waals surface area contributed by atoms with Gasteiger partial charge in [0.1, 0.15) is 0 Å². The third-order valence-electron chi connectivity index (χ3n) is 4.23. The van der Waals surface area contributed by atoms with Gasteiger partial charge >= 0.3 is 0 Å². The lowest BCUT2D eigenvalue weighted by molar-refractivity contribution is 0.202. The Morgan fingerprint density at radius 1 is 1.25 bits per heavy atom. The van der Waals surface area contributed by atoms with Gasteiger partial charge in [-0.3, -0.25) is 0 Å². The molecule has 1 aliphatic rings. The van der Waals surface area contributed by atoms with Gasteiger partial charge in [-0.15, -0.1) is 11.6 Å². The number of piperidine rings is 1. The fraction of sp³-hybridized carbons (Fsp3) is 0.600. The molecule has 0 saturated carbocycles. The number of aryl methyl sites for hydroxylation is 1. The molecule has 1 aromatic rings. The minimum absolute atomic E-state index is 0.0660. The fourth-order valence-corrected chi connectivity index (χ4v) is 4.69. The largest absolute Gasteiger partial charge is 0.243 e. The molecule has 2 atom stereocenters. The summed E-state index contributed by atoms with van der Waals surface area (Å²) in [4.78, 5) is 0.386. The third kappa shape index (κ3) is 3.18. The highest BCUT2D eigenvalue weighted by molar-refractivity contribution is 7.89. The number of rotatable bonds is 4. The van der Waals surface area contributed by atoms with E-state index >= 15 is 0 Å². The van der Waals surface area contributed by atoms with E-state index in [1.165, 1.54) is 0 Å². The predicted molar refractivity (Wildman–Crippen MR) is 82.6 cm³/mol. The molecule has 0 radical (unpaired) electrons. The molecule has 2 rings (SSSR count). The second-order valence-corrected chi connectivity index (χ2v) is 7.83. The van der Waals surface area contributed by atoms with E-state index in [-0.39, 0.29) is 6.04 Å². The van der Waals surface area contributed by atoms with Crippen LogP contribution in [-0.4, -0.2) is 31.2 Å². The normalized spacial score (nSPS) is 24.8. The number of hydrogen-bond acceptors (Lipinski definition) is 2. The molecule has 3 nitrogen and oxygen atoms in total. The van der Waals surface area contributed by atoms with Crippen molar-refractivity contribution < 1.29 is 8.42 Å². The summed E-state index contributed by atoms with van der Waals surface area (Å²) in [6, 6.07) is 7.17. The smallest absolute Gasteiger partial charge is 0.207 e. The molecule has 1 aliphatic heterocycles. The van der Waals surface area contributed by atoms with Crippen molar-refractivity contribution in [2.45, 2.75) is 44.0 Å². The summed E-state index contributed by atoms with van der Waals surface area (Å²) in [5, 5.41) is 0. The lowest BCUT2D eigenvalue weighted by atomic mass is 9.94. The van der Waals surface area contributed by atoms with Crippen LogP contribution in [0.5, 0.6) is 0 Å². The van der Waals surface area contributed by atoms with Gasteiger partial charge in [0.15, 0.2) is 0 Å². The molecule has 0 spiro atoms. The average Bonchev–Trinajstić information content (AvgIpc) is 2.42. The molecule has 0 bridgehead atoms.